The van der Waals surface area contributed by atoms with Crippen LogP contribution in [0.2, 0.25) is 0 Å². The molecule has 18 heavy (non-hydrogen) atoms. The number of likely N-dealkylation sites (tertiary alicyclic amines) is 1. The Morgan fingerprint density at radius 1 is 1.50 bits per heavy atom. The first-order valence-electron chi connectivity index (χ1n) is 6.45. The van der Waals surface area contributed by atoms with Crippen molar-refractivity contribution in [1.29, 1.82) is 0 Å². The third-order valence-corrected chi connectivity index (χ3v) is 3.99. The molecule has 2 heterocycles. The first-order chi connectivity index (χ1) is 8.45. The maximum atomic E-state index is 12.4. The first kappa shape index (κ1) is 13.1. The predicted molar refractivity (Wildman–Crippen MR) is 70.2 cm³/mol. The van der Waals surface area contributed by atoms with Gasteiger partial charge in [0.1, 0.15) is 0 Å². The molecule has 1 saturated heterocycles. The number of hydrogen-bond acceptors (Lipinski definition) is 3. The Bertz CT molecular complexity index is 444. The van der Waals surface area contributed by atoms with Crippen LogP contribution in [0.1, 0.15) is 35.8 Å². The van der Waals surface area contributed by atoms with Crippen molar-refractivity contribution >= 4 is 5.91 Å². The second-order valence-corrected chi connectivity index (χ2v) is 5.61. The van der Waals surface area contributed by atoms with Crippen molar-refractivity contribution in [3.05, 3.63) is 17.5 Å². The van der Waals surface area contributed by atoms with Crippen molar-refractivity contribution in [2.24, 2.45) is 18.2 Å². The second-order valence-electron chi connectivity index (χ2n) is 5.61. The lowest BCUT2D eigenvalue weighted by Gasteiger charge is -2.38. The summed E-state index contributed by atoms with van der Waals surface area (Å²) in [5.41, 5.74) is 7.49. The summed E-state index contributed by atoms with van der Waals surface area (Å²) in [5, 5.41) is 4.22. The Hall–Kier alpha value is -1.36. The molecule has 0 spiro atoms. The van der Waals surface area contributed by atoms with Gasteiger partial charge in [-0.2, -0.15) is 5.10 Å². The molecule has 0 unspecified atom stereocenters. The summed E-state index contributed by atoms with van der Waals surface area (Å²) in [7, 11) is 1.84. The van der Waals surface area contributed by atoms with E-state index in [0.717, 1.165) is 31.6 Å². The van der Waals surface area contributed by atoms with Gasteiger partial charge in [0.05, 0.1) is 11.3 Å². The van der Waals surface area contributed by atoms with Crippen molar-refractivity contribution in [3.8, 4) is 0 Å². The summed E-state index contributed by atoms with van der Waals surface area (Å²) in [4.78, 5) is 14.3. The lowest BCUT2D eigenvalue weighted by atomic mass is 9.80. The van der Waals surface area contributed by atoms with Crippen LogP contribution < -0.4 is 5.73 Å². The van der Waals surface area contributed by atoms with Gasteiger partial charge < -0.3 is 10.6 Å². The third kappa shape index (κ3) is 2.41. The highest BCUT2D eigenvalue weighted by Gasteiger charge is 2.31. The SMILES string of the molecule is Cc1nn(C)cc1C(=O)N1CCC(C)(CN)CC1. The number of amides is 1. The molecule has 100 valence electrons. The molecule has 5 nitrogen and oxygen atoms in total. The maximum Gasteiger partial charge on any atom is 0.257 e. The van der Waals surface area contributed by atoms with Gasteiger partial charge in [0.2, 0.25) is 0 Å². The van der Waals surface area contributed by atoms with Crippen LogP contribution in [-0.4, -0.2) is 40.2 Å². The molecule has 1 aromatic rings. The van der Waals surface area contributed by atoms with Crippen LogP contribution in [0.4, 0.5) is 0 Å². The number of nitrogens with two attached hydrogens (primary N) is 1. The van der Waals surface area contributed by atoms with Gasteiger partial charge in [-0.15, -0.1) is 0 Å². The van der Waals surface area contributed by atoms with Gasteiger partial charge >= 0.3 is 0 Å². The van der Waals surface area contributed by atoms with E-state index in [1.807, 2.05) is 18.9 Å². The Balaban J connectivity index is 2.06. The van der Waals surface area contributed by atoms with Gasteiger partial charge in [-0.25, -0.2) is 0 Å². The molecule has 2 rings (SSSR count). The number of carbonyl (C=O) groups is 1. The van der Waals surface area contributed by atoms with Crippen LogP contribution in [0.3, 0.4) is 0 Å². The van der Waals surface area contributed by atoms with Gasteiger partial charge in [0.15, 0.2) is 0 Å². The quantitative estimate of drug-likeness (QED) is 0.849. The minimum Gasteiger partial charge on any atom is -0.339 e. The average molecular weight is 250 g/mol. The van der Waals surface area contributed by atoms with Crippen LogP contribution in [0.15, 0.2) is 6.20 Å². The van der Waals surface area contributed by atoms with E-state index >= 15 is 0 Å². The number of nitrogens with zero attached hydrogens (tertiary/aromatic N) is 3. The summed E-state index contributed by atoms with van der Waals surface area (Å²) < 4.78 is 1.69. The van der Waals surface area contributed by atoms with E-state index in [0.29, 0.717) is 12.1 Å². The van der Waals surface area contributed by atoms with Crippen molar-refractivity contribution < 1.29 is 4.79 Å². The number of aromatic nitrogens is 2. The molecule has 1 amide bonds. The monoisotopic (exact) mass is 250 g/mol. The standard InChI is InChI=1S/C13H22N4O/c1-10-11(8-16(3)15-10)12(18)17-6-4-13(2,9-14)5-7-17/h8H,4-7,9,14H2,1-3H3. The largest absolute Gasteiger partial charge is 0.339 e. The highest BCUT2D eigenvalue weighted by atomic mass is 16.2. The predicted octanol–water partition coefficient (Wildman–Crippen LogP) is 0.930. The number of rotatable bonds is 2. The summed E-state index contributed by atoms with van der Waals surface area (Å²) in [5.74, 6) is 0.0969. The fourth-order valence-corrected chi connectivity index (χ4v) is 2.43. The van der Waals surface area contributed by atoms with Gasteiger partial charge in [-0.3, -0.25) is 9.48 Å². The molecule has 0 radical (unpaired) electrons. The molecule has 1 aromatic heterocycles. The highest BCUT2D eigenvalue weighted by molar-refractivity contribution is 5.95. The lowest BCUT2D eigenvalue weighted by molar-refractivity contribution is 0.0617. The topological polar surface area (TPSA) is 64.2 Å². The van der Waals surface area contributed by atoms with Gasteiger partial charge in [0.25, 0.3) is 5.91 Å². The van der Waals surface area contributed by atoms with E-state index in [4.69, 9.17) is 5.73 Å². The summed E-state index contributed by atoms with van der Waals surface area (Å²) in [6.45, 7) is 6.36. The maximum absolute atomic E-state index is 12.4. The molecule has 0 saturated carbocycles. The minimum absolute atomic E-state index is 0.0969. The molecule has 0 aromatic carbocycles. The number of piperidine rings is 1. The zero-order chi connectivity index (χ0) is 13.3. The fraction of sp³-hybridized carbons (Fsp3) is 0.692. The molecular weight excluding hydrogens is 228 g/mol. The van der Waals surface area contributed by atoms with E-state index in [-0.39, 0.29) is 11.3 Å². The van der Waals surface area contributed by atoms with Gasteiger partial charge in [-0.05, 0) is 31.7 Å². The Kier molecular flexibility index (Phi) is 3.43. The van der Waals surface area contributed by atoms with E-state index in [1.165, 1.54) is 0 Å². The first-order valence-corrected chi connectivity index (χ1v) is 6.45. The highest BCUT2D eigenvalue weighted by Crippen LogP contribution is 2.30. The zero-order valence-electron chi connectivity index (χ0n) is 11.4. The molecule has 1 aliphatic heterocycles. The smallest absolute Gasteiger partial charge is 0.257 e. The summed E-state index contributed by atoms with van der Waals surface area (Å²) in [6, 6.07) is 0. The molecule has 0 bridgehead atoms. The van der Waals surface area contributed by atoms with Crippen LogP contribution in [0, 0.1) is 12.3 Å². The second kappa shape index (κ2) is 4.72. The molecule has 1 aliphatic rings. The van der Waals surface area contributed by atoms with Gasteiger partial charge in [0, 0.05) is 26.3 Å². The van der Waals surface area contributed by atoms with E-state index in [2.05, 4.69) is 12.0 Å². The zero-order valence-corrected chi connectivity index (χ0v) is 11.4. The third-order valence-electron chi connectivity index (χ3n) is 3.99. The van der Waals surface area contributed by atoms with Crippen LogP contribution in [0.25, 0.3) is 0 Å². The van der Waals surface area contributed by atoms with Crippen LogP contribution >= 0.6 is 0 Å². The Labute approximate surface area is 108 Å². The summed E-state index contributed by atoms with van der Waals surface area (Å²) >= 11 is 0. The Morgan fingerprint density at radius 2 is 2.11 bits per heavy atom. The number of hydrogen-bond donors (Lipinski definition) is 1. The van der Waals surface area contributed by atoms with E-state index in [9.17, 15) is 4.79 Å². The number of carbonyl (C=O) groups excluding carboxylic acids is 1. The number of aryl methyl sites for hydroxylation is 2. The van der Waals surface area contributed by atoms with Crippen molar-refractivity contribution in [1.82, 2.24) is 14.7 Å². The molecule has 5 heteroatoms. The minimum atomic E-state index is 0.0969. The van der Waals surface area contributed by atoms with Crippen LogP contribution in [0.5, 0.6) is 0 Å². The van der Waals surface area contributed by atoms with E-state index < -0.39 is 0 Å². The summed E-state index contributed by atoms with van der Waals surface area (Å²) in [6.07, 6.45) is 3.76. The molecule has 0 atom stereocenters. The fourth-order valence-electron chi connectivity index (χ4n) is 2.43. The van der Waals surface area contributed by atoms with Crippen molar-refractivity contribution in [3.63, 3.8) is 0 Å². The molecule has 0 aliphatic carbocycles. The molecular formula is C13H22N4O. The lowest BCUT2D eigenvalue weighted by Crippen LogP contribution is -2.44. The average Bonchev–Trinajstić information content (AvgIpc) is 2.69. The molecule has 2 N–H and O–H groups in total. The normalized spacial score (nSPS) is 19.0. The van der Waals surface area contributed by atoms with Gasteiger partial charge in [-0.1, -0.05) is 6.92 Å². The van der Waals surface area contributed by atoms with E-state index in [1.54, 1.807) is 10.9 Å². The van der Waals surface area contributed by atoms with Crippen molar-refractivity contribution in [2.45, 2.75) is 26.7 Å². The molecule has 1 fully saturated rings. The Morgan fingerprint density at radius 3 is 2.56 bits per heavy atom. The van der Waals surface area contributed by atoms with Crippen LogP contribution in [-0.2, 0) is 7.05 Å². The van der Waals surface area contributed by atoms with Crippen molar-refractivity contribution in [2.75, 3.05) is 19.6 Å².